The number of nitrogens with two attached hydrogens (primary N) is 1. The number of anilines is 1. The zero-order valence-electron chi connectivity index (χ0n) is 11.4. The Morgan fingerprint density at radius 3 is 2.05 bits per heavy atom. The van der Waals surface area contributed by atoms with Crippen molar-refractivity contribution in [3.63, 3.8) is 0 Å². The van der Waals surface area contributed by atoms with E-state index in [4.69, 9.17) is 5.73 Å². The third-order valence-corrected chi connectivity index (χ3v) is 5.52. The molecule has 0 spiro atoms. The van der Waals surface area contributed by atoms with Crippen molar-refractivity contribution in [2.45, 2.75) is 17.7 Å². The second-order valence-corrected chi connectivity index (χ2v) is 6.89. The SMILES string of the molecule is Nc1ncc(S(=O)(=O)N2CCc3ccccc3CC2)cn1. The average molecular weight is 304 g/mol. The van der Waals surface area contributed by atoms with E-state index in [-0.39, 0.29) is 10.8 Å². The highest BCUT2D eigenvalue weighted by Gasteiger charge is 2.27. The number of nitrogen functional groups attached to an aromatic ring is 1. The minimum Gasteiger partial charge on any atom is -0.368 e. The standard InChI is InChI=1S/C14H16N4O2S/c15-14-16-9-13(10-17-14)21(19,20)18-7-5-11-3-1-2-4-12(11)6-8-18/h1-4,9-10H,5-8H2,(H2,15,16,17). The second kappa shape index (κ2) is 5.42. The maximum atomic E-state index is 12.6. The molecule has 0 saturated heterocycles. The highest BCUT2D eigenvalue weighted by Crippen LogP contribution is 2.21. The van der Waals surface area contributed by atoms with Crippen molar-refractivity contribution in [1.29, 1.82) is 0 Å². The molecule has 1 aromatic carbocycles. The lowest BCUT2D eigenvalue weighted by Crippen LogP contribution is -2.33. The normalized spacial score (nSPS) is 16.2. The van der Waals surface area contributed by atoms with Crippen molar-refractivity contribution >= 4 is 16.0 Å². The highest BCUT2D eigenvalue weighted by atomic mass is 32.2. The maximum absolute atomic E-state index is 12.6. The molecule has 0 saturated carbocycles. The lowest BCUT2D eigenvalue weighted by atomic mass is 10.0. The van der Waals surface area contributed by atoms with E-state index in [1.807, 2.05) is 12.1 Å². The van der Waals surface area contributed by atoms with Gasteiger partial charge < -0.3 is 5.73 Å². The van der Waals surface area contributed by atoms with Gasteiger partial charge in [0.2, 0.25) is 16.0 Å². The van der Waals surface area contributed by atoms with Gasteiger partial charge in [0.15, 0.2) is 0 Å². The van der Waals surface area contributed by atoms with Crippen molar-refractivity contribution < 1.29 is 8.42 Å². The first kappa shape index (κ1) is 14.0. The molecule has 1 aliphatic heterocycles. The first-order chi connectivity index (χ1) is 10.1. The smallest absolute Gasteiger partial charge is 0.246 e. The minimum absolute atomic E-state index is 0.0669. The van der Waals surface area contributed by atoms with Gasteiger partial charge in [0.05, 0.1) is 12.4 Å². The summed E-state index contributed by atoms with van der Waals surface area (Å²) in [6, 6.07) is 8.07. The van der Waals surface area contributed by atoms with Crippen LogP contribution in [0.25, 0.3) is 0 Å². The number of aromatic nitrogens is 2. The van der Waals surface area contributed by atoms with E-state index in [0.29, 0.717) is 25.9 Å². The molecule has 2 heterocycles. The van der Waals surface area contributed by atoms with E-state index in [1.165, 1.54) is 27.8 Å². The molecule has 0 atom stereocenters. The van der Waals surface area contributed by atoms with Gasteiger partial charge in [-0.1, -0.05) is 24.3 Å². The molecule has 2 N–H and O–H groups in total. The quantitative estimate of drug-likeness (QED) is 0.888. The lowest BCUT2D eigenvalue weighted by Gasteiger charge is -2.19. The Balaban J connectivity index is 1.86. The van der Waals surface area contributed by atoms with Crippen LogP contribution in [0.1, 0.15) is 11.1 Å². The Morgan fingerprint density at radius 1 is 1.00 bits per heavy atom. The number of hydrogen-bond donors (Lipinski definition) is 1. The molecule has 3 rings (SSSR count). The van der Waals surface area contributed by atoms with Gasteiger partial charge in [-0.05, 0) is 24.0 Å². The van der Waals surface area contributed by atoms with E-state index in [1.54, 1.807) is 0 Å². The summed E-state index contributed by atoms with van der Waals surface area (Å²) in [5, 5.41) is 0. The van der Waals surface area contributed by atoms with Gasteiger partial charge in [-0.2, -0.15) is 4.31 Å². The van der Waals surface area contributed by atoms with Crippen LogP contribution in [-0.2, 0) is 22.9 Å². The van der Waals surface area contributed by atoms with Crippen LogP contribution in [0.15, 0.2) is 41.6 Å². The van der Waals surface area contributed by atoms with Crippen LogP contribution in [0, 0.1) is 0 Å². The van der Waals surface area contributed by atoms with E-state index in [2.05, 4.69) is 22.1 Å². The molecule has 110 valence electrons. The van der Waals surface area contributed by atoms with Crippen LogP contribution in [0.2, 0.25) is 0 Å². The fraction of sp³-hybridized carbons (Fsp3) is 0.286. The van der Waals surface area contributed by atoms with Crippen LogP contribution in [0.5, 0.6) is 0 Å². The molecule has 2 aromatic rings. The van der Waals surface area contributed by atoms with Gasteiger partial charge >= 0.3 is 0 Å². The molecule has 0 aliphatic carbocycles. The number of rotatable bonds is 2. The van der Waals surface area contributed by atoms with Crippen LogP contribution in [0.3, 0.4) is 0 Å². The number of fused-ring (bicyclic) bond motifs is 1. The number of sulfonamides is 1. The first-order valence-corrected chi connectivity index (χ1v) is 8.16. The minimum atomic E-state index is -3.57. The third kappa shape index (κ3) is 2.74. The molecular formula is C14H16N4O2S. The fourth-order valence-corrected chi connectivity index (χ4v) is 3.83. The summed E-state index contributed by atoms with van der Waals surface area (Å²) in [6.07, 6.45) is 3.95. The predicted octanol–water partition coefficient (Wildman–Crippen LogP) is 0.848. The summed E-state index contributed by atoms with van der Waals surface area (Å²) in [5.74, 6) is 0.0669. The molecule has 1 aliphatic rings. The third-order valence-electron chi connectivity index (χ3n) is 3.67. The van der Waals surface area contributed by atoms with Crippen molar-refractivity contribution in [3.8, 4) is 0 Å². The van der Waals surface area contributed by atoms with Gasteiger partial charge in [0.25, 0.3) is 0 Å². The van der Waals surface area contributed by atoms with Gasteiger partial charge in [0.1, 0.15) is 4.90 Å². The van der Waals surface area contributed by atoms with E-state index in [0.717, 1.165) is 0 Å². The average Bonchev–Trinajstić information content (AvgIpc) is 2.70. The molecule has 21 heavy (non-hydrogen) atoms. The highest BCUT2D eigenvalue weighted by molar-refractivity contribution is 7.89. The zero-order chi connectivity index (χ0) is 14.9. The molecule has 0 radical (unpaired) electrons. The van der Waals surface area contributed by atoms with Crippen LogP contribution in [0.4, 0.5) is 5.95 Å². The first-order valence-electron chi connectivity index (χ1n) is 6.72. The molecule has 1 aromatic heterocycles. The maximum Gasteiger partial charge on any atom is 0.246 e. The Kier molecular flexibility index (Phi) is 3.60. The van der Waals surface area contributed by atoms with Crippen molar-refractivity contribution in [2.24, 2.45) is 0 Å². The predicted molar refractivity (Wildman–Crippen MR) is 79.1 cm³/mol. The Hall–Kier alpha value is -1.99. The zero-order valence-corrected chi connectivity index (χ0v) is 12.3. The number of hydrogen-bond acceptors (Lipinski definition) is 5. The molecule has 0 unspecified atom stereocenters. The monoisotopic (exact) mass is 304 g/mol. The van der Waals surface area contributed by atoms with Crippen molar-refractivity contribution in [2.75, 3.05) is 18.8 Å². The largest absolute Gasteiger partial charge is 0.368 e. The van der Waals surface area contributed by atoms with Crippen molar-refractivity contribution in [1.82, 2.24) is 14.3 Å². The molecule has 0 bridgehead atoms. The van der Waals surface area contributed by atoms with Gasteiger partial charge in [0, 0.05) is 13.1 Å². The Bertz CT molecular complexity index is 717. The summed E-state index contributed by atoms with van der Waals surface area (Å²) in [7, 11) is -3.57. The Morgan fingerprint density at radius 2 is 1.52 bits per heavy atom. The lowest BCUT2D eigenvalue weighted by molar-refractivity contribution is 0.426. The summed E-state index contributed by atoms with van der Waals surface area (Å²) in [4.78, 5) is 7.61. The van der Waals surface area contributed by atoms with Gasteiger partial charge in [-0.25, -0.2) is 18.4 Å². The summed E-state index contributed by atoms with van der Waals surface area (Å²) < 4.78 is 26.7. The summed E-state index contributed by atoms with van der Waals surface area (Å²) in [5.41, 5.74) is 7.82. The van der Waals surface area contributed by atoms with Crippen LogP contribution >= 0.6 is 0 Å². The van der Waals surface area contributed by atoms with E-state index in [9.17, 15) is 8.42 Å². The van der Waals surface area contributed by atoms with E-state index < -0.39 is 10.0 Å². The van der Waals surface area contributed by atoms with Crippen molar-refractivity contribution in [3.05, 3.63) is 47.8 Å². The second-order valence-electron chi connectivity index (χ2n) is 4.95. The fourth-order valence-electron chi connectivity index (χ4n) is 2.50. The topological polar surface area (TPSA) is 89.2 Å². The van der Waals surface area contributed by atoms with Gasteiger partial charge in [-0.3, -0.25) is 0 Å². The molecule has 0 fully saturated rings. The summed E-state index contributed by atoms with van der Waals surface area (Å²) >= 11 is 0. The molecular weight excluding hydrogens is 288 g/mol. The van der Waals surface area contributed by atoms with Crippen LogP contribution < -0.4 is 5.73 Å². The Labute approximate surface area is 123 Å². The molecule has 6 nitrogen and oxygen atoms in total. The molecule has 7 heteroatoms. The number of benzene rings is 1. The van der Waals surface area contributed by atoms with Crippen LogP contribution in [-0.4, -0.2) is 35.8 Å². The number of nitrogens with zero attached hydrogens (tertiary/aromatic N) is 3. The van der Waals surface area contributed by atoms with E-state index >= 15 is 0 Å². The van der Waals surface area contributed by atoms with Gasteiger partial charge in [-0.15, -0.1) is 0 Å². The molecule has 0 amide bonds. The summed E-state index contributed by atoms with van der Waals surface area (Å²) in [6.45, 7) is 0.924.